The summed E-state index contributed by atoms with van der Waals surface area (Å²) < 4.78 is 29.4. The number of ether oxygens (including phenoxy) is 5. The number of carboxylic acid groups (broad SMARTS) is 2. The van der Waals surface area contributed by atoms with Crippen molar-refractivity contribution in [1.82, 2.24) is 0 Å². The molecule has 5 aliphatic carbocycles. The Morgan fingerprint density at radius 3 is 1.92 bits per heavy atom. The Kier molecular flexibility index (Phi) is 11.6. The Morgan fingerprint density at radius 1 is 0.721 bits per heavy atom. The summed E-state index contributed by atoms with van der Waals surface area (Å²) in [4.78, 5) is 64.0. The van der Waals surface area contributed by atoms with E-state index in [1.807, 2.05) is 26.8 Å². The molecule has 0 unspecified atom stereocenters. The molecular formula is C44H64O17. The number of aliphatic carboxylic acids is 2. The minimum Gasteiger partial charge on any atom is -0.479 e. The van der Waals surface area contributed by atoms with E-state index >= 15 is 0 Å². The molecule has 0 aromatic heterocycles. The number of fused-ring (bicyclic) bond motifs is 7. The number of hydrogen-bond donors (Lipinski definition) is 7. The molecule has 2 saturated heterocycles. The average Bonchev–Trinajstić information content (AvgIpc) is 3.16. The quantitative estimate of drug-likeness (QED) is 0.104. The molecule has 0 aromatic carbocycles. The zero-order chi connectivity index (χ0) is 45.2. The van der Waals surface area contributed by atoms with Gasteiger partial charge in [0.15, 0.2) is 30.6 Å². The summed E-state index contributed by atoms with van der Waals surface area (Å²) in [5, 5.41) is 72.9. The van der Waals surface area contributed by atoms with Gasteiger partial charge in [-0.15, -0.1) is 0 Å². The molecule has 2 aliphatic heterocycles. The Morgan fingerprint density at radius 2 is 1.33 bits per heavy atom. The van der Waals surface area contributed by atoms with E-state index in [-0.39, 0.29) is 17.6 Å². The molecule has 6 fully saturated rings. The Labute approximate surface area is 355 Å². The van der Waals surface area contributed by atoms with Crippen LogP contribution < -0.4 is 0 Å². The lowest BCUT2D eigenvalue weighted by Gasteiger charge is -2.71. The first-order chi connectivity index (χ1) is 28.2. The van der Waals surface area contributed by atoms with Gasteiger partial charge in [-0.3, -0.25) is 9.59 Å². The fourth-order valence-electron chi connectivity index (χ4n) is 13.8. The Hall–Kier alpha value is -2.87. The molecule has 7 N–H and O–H groups in total. The number of ketones is 1. The Bertz CT molecular complexity index is 1830. The maximum atomic E-state index is 15.0. The molecule has 0 bridgehead atoms. The zero-order valence-electron chi connectivity index (χ0n) is 36.2. The number of aliphatic hydroxyl groups is 5. The molecule has 17 nitrogen and oxygen atoms in total. The third-order valence-electron chi connectivity index (χ3n) is 17.4. The standard InChI is InChI=1S/C44H64O17/c1-19(46)57-25-17-40(4,18-45)16-21-20-15-22(47)34-42(6)11-10-24(39(2,3)23(42)9-12-44(34,8)43(20,7)14-13-41(21,25)5)58-38-33(29(51)28(50)32(60-38)36(55)56)61-37-30(52)26(48)27(49)31(59-37)35(53)54/h15,18,21,23-34,37-38,48-52H,9-14,16-17H2,1-8H3,(H,53,54)(H,55,56)/t21-,23+,24+,25-,26+,27+,28+,29+,30-,31+,32+,33-,34-,37+,38-,40-,41-,42+,43-,44-/m1/s1. The number of carboxylic acids is 2. The van der Waals surface area contributed by atoms with Crippen molar-refractivity contribution in [2.75, 3.05) is 0 Å². The number of carbonyl (C=O) groups excluding carboxylic acids is 3. The summed E-state index contributed by atoms with van der Waals surface area (Å²) in [5.41, 5.74) is -2.34. The highest BCUT2D eigenvalue weighted by Gasteiger charge is 2.71. The highest BCUT2D eigenvalue weighted by Crippen LogP contribution is 2.75. The van der Waals surface area contributed by atoms with E-state index in [9.17, 15) is 59.7 Å². The highest BCUT2D eigenvalue weighted by molar-refractivity contribution is 5.95. The van der Waals surface area contributed by atoms with Gasteiger partial charge in [0.25, 0.3) is 0 Å². The second kappa shape index (κ2) is 15.4. The maximum absolute atomic E-state index is 15.0. The van der Waals surface area contributed by atoms with Crippen LogP contribution in [0.15, 0.2) is 11.6 Å². The molecule has 4 saturated carbocycles. The largest absolute Gasteiger partial charge is 0.479 e. The second-order valence-electron chi connectivity index (χ2n) is 21.2. The molecule has 7 rings (SSSR count). The number of esters is 1. The van der Waals surface area contributed by atoms with E-state index in [1.54, 1.807) is 0 Å². The van der Waals surface area contributed by atoms with Crippen molar-refractivity contribution in [3.8, 4) is 0 Å². The number of aldehydes is 1. The second-order valence-corrected chi connectivity index (χ2v) is 21.2. The fraction of sp³-hybridized carbons (Fsp3) is 0.841. The lowest BCUT2D eigenvalue weighted by Crippen LogP contribution is -2.68. The number of carbonyl (C=O) groups is 5. The van der Waals surface area contributed by atoms with Gasteiger partial charge in [0.05, 0.1) is 6.10 Å². The van der Waals surface area contributed by atoms with Crippen molar-refractivity contribution in [3.63, 3.8) is 0 Å². The van der Waals surface area contributed by atoms with Crippen molar-refractivity contribution in [2.45, 2.75) is 180 Å². The number of hydrogen-bond acceptors (Lipinski definition) is 15. The third kappa shape index (κ3) is 6.94. The van der Waals surface area contributed by atoms with Crippen LogP contribution in [0.3, 0.4) is 0 Å². The van der Waals surface area contributed by atoms with Crippen molar-refractivity contribution in [3.05, 3.63) is 11.6 Å². The van der Waals surface area contributed by atoms with E-state index in [0.29, 0.717) is 38.5 Å². The van der Waals surface area contributed by atoms with Crippen LogP contribution in [-0.2, 0) is 47.7 Å². The SMILES string of the molecule is CC(=O)O[C@@H]1C[C@](C)(C=O)C[C@@H]2C3=CC(=O)[C@@H]4[C@@]5(C)CC[C@H](O[C@@H]6O[C@H](C(=O)O)[C@@H](O)[C@H](O)[C@H]6O[C@@H]6O[C@H](C(=O)O)[C@@H](O)[C@H](O)[C@H]6O)C(C)(C)[C@@H]5CC[C@@]4(C)[C@]3(C)CC[C@]21C. The molecule has 0 radical (unpaired) electrons. The van der Waals surface area contributed by atoms with Crippen LogP contribution in [0.5, 0.6) is 0 Å². The van der Waals surface area contributed by atoms with Crippen molar-refractivity contribution in [2.24, 2.45) is 50.2 Å². The van der Waals surface area contributed by atoms with Gasteiger partial charge in [-0.25, -0.2) is 9.59 Å². The first-order valence-electron chi connectivity index (χ1n) is 21.6. The summed E-state index contributed by atoms with van der Waals surface area (Å²) in [6.45, 7) is 16.1. The monoisotopic (exact) mass is 864 g/mol. The van der Waals surface area contributed by atoms with Crippen molar-refractivity contribution < 1.29 is 83.4 Å². The highest BCUT2D eigenvalue weighted by atomic mass is 16.8. The maximum Gasteiger partial charge on any atom is 0.335 e. The van der Waals surface area contributed by atoms with Crippen LogP contribution in [-0.4, -0.2) is 139 Å². The molecule has 0 aromatic rings. The molecule has 0 amide bonds. The molecule has 342 valence electrons. The summed E-state index contributed by atoms with van der Waals surface area (Å²) in [6.07, 6.45) is -13.3. The van der Waals surface area contributed by atoms with Gasteiger partial charge in [0, 0.05) is 23.7 Å². The zero-order valence-corrected chi connectivity index (χ0v) is 36.2. The molecule has 0 spiro atoms. The molecule has 20 atom stereocenters. The van der Waals surface area contributed by atoms with E-state index in [0.717, 1.165) is 24.7 Å². The number of allylic oxidation sites excluding steroid dienone is 2. The minimum absolute atomic E-state index is 0.0208. The van der Waals surface area contributed by atoms with E-state index in [1.165, 1.54) is 6.92 Å². The predicted molar refractivity (Wildman–Crippen MR) is 209 cm³/mol. The van der Waals surface area contributed by atoms with E-state index in [2.05, 4.69) is 27.7 Å². The third-order valence-corrected chi connectivity index (χ3v) is 17.4. The van der Waals surface area contributed by atoms with E-state index in [4.69, 9.17) is 23.7 Å². The van der Waals surface area contributed by atoms with Crippen molar-refractivity contribution >= 4 is 30.0 Å². The molecule has 17 heteroatoms. The predicted octanol–water partition coefficient (Wildman–Crippen LogP) is 1.90. The molecule has 61 heavy (non-hydrogen) atoms. The lowest BCUT2D eigenvalue weighted by atomic mass is 9.33. The van der Waals surface area contributed by atoms with Gasteiger partial charge >= 0.3 is 17.9 Å². The summed E-state index contributed by atoms with van der Waals surface area (Å²) in [6, 6.07) is 0. The smallest absolute Gasteiger partial charge is 0.335 e. The first kappa shape index (κ1) is 46.1. The summed E-state index contributed by atoms with van der Waals surface area (Å²) in [7, 11) is 0. The van der Waals surface area contributed by atoms with Crippen LogP contribution in [0.4, 0.5) is 0 Å². The summed E-state index contributed by atoms with van der Waals surface area (Å²) in [5.74, 6) is -4.35. The first-order valence-corrected chi connectivity index (χ1v) is 21.6. The molecule has 2 heterocycles. The van der Waals surface area contributed by atoms with Crippen LogP contribution in [0.2, 0.25) is 0 Å². The van der Waals surface area contributed by atoms with Gasteiger partial charge in [-0.05, 0) is 90.9 Å². The fourth-order valence-corrected chi connectivity index (χ4v) is 13.8. The lowest BCUT2D eigenvalue weighted by molar-refractivity contribution is -0.371. The van der Waals surface area contributed by atoms with Crippen LogP contribution in [0.1, 0.15) is 107 Å². The van der Waals surface area contributed by atoms with Crippen molar-refractivity contribution in [1.29, 1.82) is 0 Å². The normalized spacial score (nSPS) is 51.7. The molecule has 7 aliphatic rings. The number of rotatable bonds is 8. The van der Waals surface area contributed by atoms with Gasteiger partial charge in [-0.2, -0.15) is 0 Å². The van der Waals surface area contributed by atoms with Gasteiger partial charge < -0.3 is 64.2 Å². The van der Waals surface area contributed by atoms with Crippen LogP contribution in [0.25, 0.3) is 0 Å². The Balaban J connectivity index is 1.18. The number of aliphatic hydroxyl groups excluding tert-OH is 5. The summed E-state index contributed by atoms with van der Waals surface area (Å²) >= 11 is 0. The minimum atomic E-state index is -2.06. The van der Waals surface area contributed by atoms with Gasteiger partial charge in [0.1, 0.15) is 49.0 Å². The average molecular weight is 865 g/mol. The van der Waals surface area contributed by atoms with Crippen LogP contribution in [0, 0.1) is 50.2 Å². The van der Waals surface area contributed by atoms with Gasteiger partial charge in [-0.1, -0.05) is 54.0 Å². The molecular weight excluding hydrogens is 800 g/mol. The van der Waals surface area contributed by atoms with Crippen LogP contribution >= 0.6 is 0 Å². The van der Waals surface area contributed by atoms with E-state index < -0.39 is 130 Å². The topological polar surface area (TPSA) is 273 Å². The van der Waals surface area contributed by atoms with Gasteiger partial charge in [0.2, 0.25) is 0 Å².